The highest BCUT2D eigenvalue weighted by atomic mass is 32.1. The van der Waals surface area contributed by atoms with Gasteiger partial charge >= 0.3 is 0 Å². The fourth-order valence-electron chi connectivity index (χ4n) is 1.33. The van der Waals surface area contributed by atoms with Crippen LogP contribution < -0.4 is 11.1 Å². The Morgan fingerprint density at radius 2 is 2.27 bits per heavy atom. The van der Waals surface area contributed by atoms with Gasteiger partial charge in [0.1, 0.15) is 0 Å². The Morgan fingerprint density at radius 1 is 1.40 bits per heavy atom. The first kappa shape index (κ1) is 9.98. The van der Waals surface area contributed by atoms with Gasteiger partial charge < -0.3 is 11.1 Å². The van der Waals surface area contributed by atoms with Crippen LogP contribution in [0.1, 0.15) is 9.75 Å². The van der Waals surface area contributed by atoms with E-state index in [0.717, 1.165) is 12.2 Å². The minimum atomic E-state index is 0.686. The van der Waals surface area contributed by atoms with Crippen LogP contribution in [-0.4, -0.2) is 4.98 Å². The Hall–Kier alpha value is -1.55. The standard InChI is InChI=1S/C11H13N3S/c1-8-2-3-9(15-8)6-14-11-4-5-13-7-10(11)12/h2-5,7H,6,12H2,1H3,(H,13,14). The van der Waals surface area contributed by atoms with E-state index in [9.17, 15) is 0 Å². The number of aromatic nitrogens is 1. The summed E-state index contributed by atoms with van der Waals surface area (Å²) in [5.41, 5.74) is 7.40. The van der Waals surface area contributed by atoms with Gasteiger partial charge in [0.2, 0.25) is 0 Å². The molecule has 0 bridgehead atoms. The molecule has 3 N–H and O–H groups in total. The maximum Gasteiger partial charge on any atom is 0.0736 e. The topological polar surface area (TPSA) is 50.9 Å². The predicted octanol–water partition coefficient (Wildman–Crippen LogP) is 2.65. The summed E-state index contributed by atoms with van der Waals surface area (Å²) in [6.07, 6.45) is 3.39. The van der Waals surface area contributed by atoms with Crippen molar-refractivity contribution in [3.63, 3.8) is 0 Å². The SMILES string of the molecule is Cc1ccc(CNc2ccncc2N)s1. The van der Waals surface area contributed by atoms with Gasteiger partial charge in [-0.2, -0.15) is 0 Å². The third-order valence-corrected chi connectivity index (χ3v) is 3.10. The highest BCUT2D eigenvalue weighted by molar-refractivity contribution is 7.11. The molecule has 4 heteroatoms. The molecule has 2 aromatic rings. The molecule has 2 aromatic heterocycles. The van der Waals surface area contributed by atoms with E-state index in [1.54, 1.807) is 23.7 Å². The van der Waals surface area contributed by atoms with E-state index in [0.29, 0.717) is 5.69 Å². The number of nitrogen functional groups attached to an aromatic ring is 1. The minimum Gasteiger partial charge on any atom is -0.396 e. The molecule has 0 radical (unpaired) electrons. The number of hydrogen-bond donors (Lipinski definition) is 2. The van der Waals surface area contributed by atoms with Crippen molar-refractivity contribution in [1.82, 2.24) is 4.98 Å². The van der Waals surface area contributed by atoms with E-state index in [4.69, 9.17) is 5.73 Å². The molecule has 0 aliphatic rings. The van der Waals surface area contributed by atoms with Gasteiger partial charge in [-0.05, 0) is 25.1 Å². The van der Waals surface area contributed by atoms with Crippen LogP contribution in [0.5, 0.6) is 0 Å². The normalized spacial score (nSPS) is 10.2. The number of aryl methyl sites for hydroxylation is 1. The van der Waals surface area contributed by atoms with Crippen molar-refractivity contribution in [1.29, 1.82) is 0 Å². The summed E-state index contributed by atoms with van der Waals surface area (Å²) in [4.78, 5) is 6.58. The summed E-state index contributed by atoms with van der Waals surface area (Å²) in [5, 5.41) is 3.29. The fraction of sp³-hybridized carbons (Fsp3) is 0.182. The number of nitrogens with two attached hydrogens (primary N) is 1. The number of rotatable bonds is 3. The monoisotopic (exact) mass is 219 g/mol. The van der Waals surface area contributed by atoms with E-state index >= 15 is 0 Å². The third kappa shape index (κ3) is 2.47. The van der Waals surface area contributed by atoms with E-state index in [2.05, 4.69) is 29.4 Å². The van der Waals surface area contributed by atoms with Crippen molar-refractivity contribution >= 4 is 22.7 Å². The second-order valence-corrected chi connectivity index (χ2v) is 4.70. The molecule has 2 heterocycles. The van der Waals surface area contributed by atoms with Crippen LogP contribution in [0.25, 0.3) is 0 Å². The van der Waals surface area contributed by atoms with Crippen LogP contribution in [0, 0.1) is 6.92 Å². The van der Waals surface area contributed by atoms with Crippen molar-refractivity contribution in [2.45, 2.75) is 13.5 Å². The van der Waals surface area contributed by atoms with Crippen molar-refractivity contribution in [3.05, 3.63) is 40.3 Å². The van der Waals surface area contributed by atoms with E-state index in [1.807, 2.05) is 6.07 Å². The maximum atomic E-state index is 5.77. The zero-order valence-corrected chi connectivity index (χ0v) is 9.34. The molecule has 15 heavy (non-hydrogen) atoms. The molecule has 0 saturated carbocycles. The summed E-state index contributed by atoms with van der Waals surface area (Å²) in [6, 6.07) is 6.14. The highest BCUT2D eigenvalue weighted by Crippen LogP contribution is 2.19. The van der Waals surface area contributed by atoms with Crippen molar-refractivity contribution < 1.29 is 0 Å². The summed E-state index contributed by atoms with van der Waals surface area (Å²) in [7, 11) is 0. The second kappa shape index (κ2) is 4.31. The summed E-state index contributed by atoms with van der Waals surface area (Å²) in [5.74, 6) is 0. The van der Waals surface area contributed by atoms with Crippen LogP contribution in [0.15, 0.2) is 30.6 Å². The number of thiophene rings is 1. The first-order valence-electron chi connectivity index (χ1n) is 4.74. The largest absolute Gasteiger partial charge is 0.396 e. The smallest absolute Gasteiger partial charge is 0.0736 e. The molecular weight excluding hydrogens is 206 g/mol. The Kier molecular flexibility index (Phi) is 2.87. The zero-order chi connectivity index (χ0) is 10.7. The van der Waals surface area contributed by atoms with Gasteiger partial charge in [0.25, 0.3) is 0 Å². The third-order valence-electron chi connectivity index (χ3n) is 2.10. The van der Waals surface area contributed by atoms with Crippen molar-refractivity contribution in [2.75, 3.05) is 11.1 Å². The zero-order valence-electron chi connectivity index (χ0n) is 8.53. The molecular formula is C11H13N3S. The average Bonchev–Trinajstić information content (AvgIpc) is 2.63. The predicted molar refractivity (Wildman–Crippen MR) is 65.0 cm³/mol. The summed E-state index contributed by atoms with van der Waals surface area (Å²) < 4.78 is 0. The van der Waals surface area contributed by atoms with Gasteiger partial charge in [-0.1, -0.05) is 0 Å². The summed E-state index contributed by atoms with van der Waals surface area (Å²) in [6.45, 7) is 2.92. The Balaban J connectivity index is 2.02. The maximum absolute atomic E-state index is 5.77. The van der Waals surface area contributed by atoms with Crippen molar-refractivity contribution in [3.8, 4) is 0 Å². The molecule has 0 amide bonds. The average molecular weight is 219 g/mol. The Labute approximate surface area is 93.0 Å². The van der Waals surface area contributed by atoms with Gasteiger partial charge in [0.05, 0.1) is 17.6 Å². The first-order chi connectivity index (χ1) is 7.25. The van der Waals surface area contributed by atoms with E-state index in [1.165, 1.54) is 9.75 Å². The first-order valence-corrected chi connectivity index (χ1v) is 5.56. The van der Waals surface area contributed by atoms with Crippen molar-refractivity contribution in [2.24, 2.45) is 0 Å². The van der Waals surface area contributed by atoms with E-state index < -0.39 is 0 Å². The molecule has 3 nitrogen and oxygen atoms in total. The fourth-order valence-corrected chi connectivity index (χ4v) is 2.16. The molecule has 0 fully saturated rings. The molecule has 0 spiro atoms. The molecule has 0 saturated heterocycles. The number of nitrogens with one attached hydrogen (secondary N) is 1. The van der Waals surface area contributed by atoms with Crippen LogP contribution in [-0.2, 0) is 6.54 Å². The Bertz CT molecular complexity index is 451. The lowest BCUT2D eigenvalue weighted by molar-refractivity contribution is 1.18. The van der Waals surface area contributed by atoms with Gasteiger partial charge in [-0.15, -0.1) is 11.3 Å². The minimum absolute atomic E-state index is 0.686. The number of nitrogens with zero attached hydrogens (tertiary/aromatic N) is 1. The number of anilines is 2. The molecule has 0 aliphatic heterocycles. The Morgan fingerprint density at radius 3 is 2.93 bits per heavy atom. The lowest BCUT2D eigenvalue weighted by Crippen LogP contribution is -2.01. The quantitative estimate of drug-likeness (QED) is 0.834. The second-order valence-electron chi connectivity index (χ2n) is 3.33. The molecule has 0 aliphatic carbocycles. The molecule has 2 rings (SSSR count). The van der Waals surface area contributed by atoms with Gasteiger partial charge in [0, 0.05) is 22.5 Å². The van der Waals surface area contributed by atoms with E-state index in [-0.39, 0.29) is 0 Å². The number of pyridine rings is 1. The molecule has 0 atom stereocenters. The highest BCUT2D eigenvalue weighted by Gasteiger charge is 1.99. The molecule has 0 aromatic carbocycles. The van der Waals surface area contributed by atoms with Crippen LogP contribution in [0.4, 0.5) is 11.4 Å². The number of hydrogen-bond acceptors (Lipinski definition) is 4. The lowest BCUT2D eigenvalue weighted by Gasteiger charge is -2.06. The van der Waals surface area contributed by atoms with Gasteiger partial charge in [-0.3, -0.25) is 4.98 Å². The van der Waals surface area contributed by atoms with Gasteiger partial charge in [0.15, 0.2) is 0 Å². The van der Waals surface area contributed by atoms with Crippen LogP contribution >= 0.6 is 11.3 Å². The van der Waals surface area contributed by atoms with Crippen LogP contribution in [0.2, 0.25) is 0 Å². The molecule has 0 unspecified atom stereocenters. The van der Waals surface area contributed by atoms with Crippen LogP contribution in [0.3, 0.4) is 0 Å². The summed E-state index contributed by atoms with van der Waals surface area (Å²) >= 11 is 1.79. The lowest BCUT2D eigenvalue weighted by atomic mass is 10.3. The van der Waals surface area contributed by atoms with Gasteiger partial charge in [-0.25, -0.2) is 0 Å². The molecule has 78 valence electrons.